The van der Waals surface area contributed by atoms with Gasteiger partial charge in [-0.15, -0.1) is 0 Å². The second-order valence-electron chi connectivity index (χ2n) is 4.46. The first-order valence-electron chi connectivity index (χ1n) is 5.85. The molecule has 0 aliphatic heterocycles. The Hall–Kier alpha value is -2.24. The molecule has 6 nitrogen and oxygen atoms in total. The minimum Gasteiger partial charge on any atom is -0.390 e. The molecule has 1 unspecified atom stereocenters. The standard InChI is InChI=1S/C12H12N4O2/c17-16(18)12-13-8-15(14-12)7-10-6-5-9-3-1-2-4-11(9)10/h1-4,8,10H,5-7H2. The van der Waals surface area contributed by atoms with Crippen LogP contribution in [0.2, 0.25) is 0 Å². The largest absolute Gasteiger partial charge is 0.490 e. The minimum atomic E-state index is -0.570. The van der Waals surface area contributed by atoms with Crippen LogP contribution in [0.4, 0.5) is 5.95 Å². The topological polar surface area (TPSA) is 73.8 Å². The molecule has 0 saturated heterocycles. The average Bonchev–Trinajstić information content (AvgIpc) is 2.98. The Morgan fingerprint density at radius 2 is 2.28 bits per heavy atom. The minimum absolute atomic E-state index is 0.332. The fourth-order valence-corrected chi connectivity index (χ4v) is 2.52. The van der Waals surface area contributed by atoms with Crippen LogP contribution in [0.25, 0.3) is 0 Å². The van der Waals surface area contributed by atoms with Crippen LogP contribution in [-0.2, 0) is 13.0 Å². The SMILES string of the molecule is O=[N+]([O-])c1ncn(CC2CCc3ccccc32)n1. The molecular weight excluding hydrogens is 232 g/mol. The van der Waals surface area contributed by atoms with Gasteiger partial charge in [-0.25, -0.2) is 0 Å². The van der Waals surface area contributed by atoms with Crippen molar-refractivity contribution in [2.24, 2.45) is 0 Å². The van der Waals surface area contributed by atoms with Crippen LogP contribution in [0, 0.1) is 10.1 Å². The monoisotopic (exact) mass is 244 g/mol. The first-order valence-corrected chi connectivity index (χ1v) is 5.85. The van der Waals surface area contributed by atoms with E-state index in [1.54, 1.807) is 4.68 Å². The summed E-state index contributed by atoms with van der Waals surface area (Å²) in [6, 6.07) is 8.33. The van der Waals surface area contributed by atoms with Gasteiger partial charge in [0, 0.05) is 11.0 Å². The first kappa shape index (κ1) is 10.9. The van der Waals surface area contributed by atoms with Crippen molar-refractivity contribution in [3.8, 4) is 0 Å². The molecule has 0 saturated carbocycles. The Morgan fingerprint density at radius 1 is 1.44 bits per heavy atom. The molecule has 2 aromatic rings. The van der Waals surface area contributed by atoms with E-state index >= 15 is 0 Å². The Morgan fingerprint density at radius 3 is 3.06 bits per heavy atom. The Kier molecular flexibility index (Phi) is 2.55. The second-order valence-corrected chi connectivity index (χ2v) is 4.46. The van der Waals surface area contributed by atoms with Crippen molar-refractivity contribution in [1.29, 1.82) is 0 Å². The molecule has 1 atom stereocenters. The molecule has 1 aromatic carbocycles. The van der Waals surface area contributed by atoms with Crippen molar-refractivity contribution in [3.05, 3.63) is 51.8 Å². The van der Waals surface area contributed by atoms with Gasteiger partial charge in [0.15, 0.2) is 0 Å². The number of hydrogen-bond donors (Lipinski definition) is 0. The van der Waals surface area contributed by atoms with E-state index in [1.807, 2.05) is 12.1 Å². The third-order valence-corrected chi connectivity index (χ3v) is 3.35. The van der Waals surface area contributed by atoms with Crippen LogP contribution >= 0.6 is 0 Å². The van der Waals surface area contributed by atoms with E-state index in [0.717, 1.165) is 12.8 Å². The highest BCUT2D eigenvalue weighted by molar-refractivity contribution is 5.34. The predicted molar refractivity (Wildman–Crippen MR) is 64.2 cm³/mol. The average molecular weight is 244 g/mol. The lowest BCUT2D eigenvalue weighted by Crippen LogP contribution is -2.07. The zero-order chi connectivity index (χ0) is 12.5. The Balaban J connectivity index is 1.80. The lowest BCUT2D eigenvalue weighted by Gasteiger charge is -2.08. The number of aromatic nitrogens is 3. The van der Waals surface area contributed by atoms with Crippen molar-refractivity contribution in [2.75, 3.05) is 0 Å². The maximum atomic E-state index is 10.5. The van der Waals surface area contributed by atoms with Crippen LogP contribution in [0.5, 0.6) is 0 Å². The highest BCUT2D eigenvalue weighted by Gasteiger charge is 2.24. The number of hydrogen-bond acceptors (Lipinski definition) is 4. The normalized spacial score (nSPS) is 17.7. The van der Waals surface area contributed by atoms with E-state index in [-0.39, 0.29) is 5.95 Å². The molecule has 1 aromatic heterocycles. The zero-order valence-corrected chi connectivity index (χ0v) is 9.69. The highest BCUT2D eigenvalue weighted by Crippen LogP contribution is 2.33. The molecule has 0 N–H and O–H groups in total. The zero-order valence-electron chi connectivity index (χ0n) is 9.69. The Bertz CT molecular complexity index is 593. The van der Waals surface area contributed by atoms with Crippen molar-refractivity contribution < 1.29 is 4.92 Å². The van der Waals surface area contributed by atoms with Gasteiger partial charge in [-0.2, -0.15) is 4.68 Å². The van der Waals surface area contributed by atoms with Gasteiger partial charge in [-0.1, -0.05) is 29.2 Å². The number of rotatable bonds is 3. The van der Waals surface area contributed by atoms with Crippen LogP contribution in [-0.4, -0.2) is 19.7 Å². The van der Waals surface area contributed by atoms with E-state index in [1.165, 1.54) is 17.5 Å². The summed E-state index contributed by atoms with van der Waals surface area (Å²) in [5.74, 6) is 0.0452. The molecule has 6 heteroatoms. The van der Waals surface area contributed by atoms with E-state index in [2.05, 4.69) is 22.2 Å². The molecule has 1 aliphatic carbocycles. The number of benzene rings is 1. The fourth-order valence-electron chi connectivity index (χ4n) is 2.52. The van der Waals surface area contributed by atoms with Gasteiger partial charge in [0.05, 0.1) is 6.54 Å². The Labute approximate surface area is 103 Å². The van der Waals surface area contributed by atoms with Crippen molar-refractivity contribution in [3.63, 3.8) is 0 Å². The van der Waals surface area contributed by atoms with Crippen molar-refractivity contribution >= 4 is 5.95 Å². The van der Waals surface area contributed by atoms with Gasteiger partial charge in [0.1, 0.15) is 0 Å². The fraction of sp³-hybridized carbons (Fsp3) is 0.333. The van der Waals surface area contributed by atoms with Gasteiger partial charge in [0.2, 0.25) is 6.33 Å². The van der Waals surface area contributed by atoms with Crippen molar-refractivity contribution in [2.45, 2.75) is 25.3 Å². The van der Waals surface area contributed by atoms with E-state index in [4.69, 9.17) is 0 Å². The molecule has 1 heterocycles. The van der Waals surface area contributed by atoms with Gasteiger partial charge in [-0.05, 0) is 28.9 Å². The van der Waals surface area contributed by atoms with Gasteiger partial charge in [0.25, 0.3) is 0 Å². The number of nitrogens with zero attached hydrogens (tertiary/aromatic N) is 4. The molecule has 1 aliphatic rings. The summed E-state index contributed by atoms with van der Waals surface area (Å²) in [5, 5.41) is 14.4. The molecule has 92 valence electrons. The summed E-state index contributed by atoms with van der Waals surface area (Å²) in [6.07, 6.45) is 3.56. The van der Waals surface area contributed by atoms with E-state index < -0.39 is 4.92 Å². The summed E-state index contributed by atoms with van der Waals surface area (Å²) >= 11 is 0. The highest BCUT2D eigenvalue weighted by atomic mass is 16.6. The first-order chi connectivity index (χ1) is 8.74. The molecule has 0 radical (unpaired) electrons. The van der Waals surface area contributed by atoms with Crippen LogP contribution in [0.1, 0.15) is 23.5 Å². The van der Waals surface area contributed by atoms with E-state index in [9.17, 15) is 10.1 Å². The van der Waals surface area contributed by atoms with Gasteiger partial charge >= 0.3 is 5.95 Å². The smallest absolute Gasteiger partial charge is 0.390 e. The molecule has 0 amide bonds. The quantitative estimate of drug-likeness (QED) is 0.610. The molecule has 18 heavy (non-hydrogen) atoms. The van der Waals surface area contributed by atoms with Crippen LogP contribution < -0.4 is 0 Å². The molecule has 0 bridgehead atoms. The third-order valence-electron chi connectivity index (χ3n) is 3.35. The molecular formula is C12H12N4O2. The summed E-state index contributed by atoms with van der Waals surface area (Å²) in [6.45, 7) is 0.651. The van der Waals surface area contributed by atoms with Gasteiger partial charge < -0.3 is 10.1 Å². The summed E-state index contributed by atoms with van der Waals surface area (Å²) < 4.78 is 1.56. The van der Waals surface area contributed by atoms with Crippen molar-refractivity contribution in [1.82, 2.24) is 14.8 Å². The molecule has 0 spiro atoms. The van der Waals surface area contributed by atoms with E-state index in [0.29, 0.717) is 12.5 Å². The molecule has 3 rings (SSSR count). The van der Waals surface area contributed by atoms with Gasteiger partial charge in [-0.3, -0.25) is 0 Å². The second kappa shape index (κ2) is 4.21. The number of aryl methyl sites for hydroxylation is 1. The lowest BCUT2D eigenvalue weighted by molar-refractivity contribution is -0.394. The third kappa shape index (κ3) is 1.85. The maximum absolute atomic E-state index is 10.5. The maximum Gasteiger partial charge on any atom is 0.490 e. The predicted octanol–water partition coefficient (Wildman–Crippen LogP) is 1.92. The number of fused-ring (bicyclic) bond motifs is 1. The summed E-state index contributed by atoms with van der Waals surface area (Å²) in [5.41, 5.74) is 2.70. The van der Waals surface area contributed by atoms with Crippen LogP contribution in [0.3, 0.4) is 0 Å². The number of nitro groups is 1. The van der Waals surface area contributed by atoms with Crippen LogP contribution in [0.15, 0.2) is 30.6 Å². The molecule has 0 fully saturated rings. The summed E-state index contributed by atoms with van der Waals surface area (Å²) in [7, 11) is 0. The lowest BCUT2D eigenvalue weighted by atomic mass is 10.0. The summed E-state index contributed by atoms with van der Waals surface area (Å²) in [4.78, 5) is 13.6.